The van der Waals surface area contributed by atoms with E-state index in [9.17, 15) is 9.59 Å². The van der Waals surface area contributed by atoms with Gasteiger partial charge in [0, 0.05) is 28.8 Å². The molecule has 3 aromatic rings. The molecule has 25 heavy (non-hydrogen) atoms. The molecule has 130 valence electrons. The van der Waals surface area contributed by atoms with E-state index in [1.165, 1.54) is 23.1 Å². The Balaban J connectivity index is 1.81. The van der Waals surface area contributed by atoms with Crippen LogP contribution >= 0.6 is 34.4 Å². The van der Waals surface area contributed by atoms with Crippen LogP contribution in [0.2, 0.25) is 0 Å². The van der Waals surface area contributed by atoms with Crippen LogP contribution in [0.1, 0.15) is 32.6 Å². The lowest BCUT2D eigenvalue weighted by Crippen LogP contribution is -2.26. The standard InChI is InChI=1S/C18H18N2O2S3/c1-2-20-17(22)15-11(13-8-5-9-23-13)10-24-16(15)19-18(20)25-14-7-4-3-6-12(14)21/h5,8-10,14H,2-4,6-7H2,1H3/t14-/m1/s1. The van der Waals surface area contributed by atoms with Crippen LogP contribution < -0.4 is 5.56 Å². The van der Waals surface area contributed by atoms with Gasteiger partial charge in [0.2, 0.25) is 0 Å². The van der Waals surface area contributed by atoms with Crippen LogP contribution in [0, 0.1) is 0 Å². The fourth-order valence-electron chi connectivity index (χ4n) is 3.19. The first-order chi connectivity index (χ1) is 12.2. The average Bonchev–Trinajstić information content (AvgIpc) is 3.26. The molecule has 0 saturated heterocycles. The van der Waals surface area contributed by atoms with E-state index in [1.54, 1.807) is 15.9 Å². The van der Waals surface area contributed by atoms with Crippen LogP contribution in [0.5, 0.6) is 0 Å². The molecule has 4 rings (SSSR count). The third-order valence-electron chi connectivity index (χ3n) is 4.51. The van der Waals surface area contributed by atoms with Gasteiger partial charge in [0.25, 0.3) is 5.56 Å². The minimum atomic E-state index is -0.0624. The number of thiophene rings is 2. The lowest BCUT2D eigenvalue weighted by atomic mass is 9.99. The summed E-state index contributed by atoms with van der Waals surface area (Å²) in [6.45, 7) is 2.52. The van der Waals surface area contributed by atoms with E-state index < -0.39 is 0 Å². The number of hydrogen-bond donors (Lipinski definition) is 0. The van der Waals surface area contributed by atoms with Gasteiger partial charge >= 0.3 is 0 Å². The molecule has 0 bridgehead atoms. The van der Waals surface area contributed by atoms with Crippen molar-refractivity contribution >= 4 is 50.4 Å². The van der Waals surface area contributed by atoms with Crippen molar-refractivity contribution in [2.75, 3.05) is 0 Å². The second-order valence-electron chi connectivity index (χ2n) is 6.07. The molecule has 0 unspecified atom stereocenters. The molecule has 3 aromatic heterocycles. The molecule has 0 N–H and O–H groups in total. The number of fused-ring (bicyclic) bond motifs is 1. The van der Waals surface area contributed by atoms with Crippen LogP contribution in [0.3, 0.4) is 0 Å². The van der Waals surface area contributed by atoms with Crippen molar-refractivity contribution in [3.05, 3.63) is 33.2 Å². The number of nitrogens with zero attached hydrogens (tertiary/aromatic N) is 2. The van der Waals surface area contributed by atoms with Gasteiger partial charge in [-0.15, -0.1) is 22.7 Å². The van der Waals surface area contributed by atoms with Crippen LogP contribution in [-0.2, 0) is 11.3 Å². The number of thioether (sulfide) groups is 1. The molecular formula is C18H18N2O2S3. The molecule has 1 aliphatic rings. The Labute approximate surface area is 157 Å². The normalized spacial score (nSPS) is 18.1. The quantitative estimate of drug-likeness (QED) is 0.600. The third kappa shape index (κ3) is 3.09. The highest BCUT2D eigenvalue weighted by molar-refractivity contribution is 8.00. The van der Waals surface area contributed by atoms with Gasteiger partial charge in [-0.25, -0.2) is 4.98 Å². The van der Waals surface area contributed by atoms with Crippen molar-refractivity contribution in [3.63, 3.8) is 0 Å². The monoisotopic (exact) mass is 390 g/mol. The summed E-state index contributed by atoms with van der Waals surface area (Å²) in [5.41, 5.74) is 0.975. The number of hydrogen-bond acceptors (Lipinski definition) is 6. The van der Waals surface area contributed by atoms with Crippen molar-refractivity contribution in [2.45, 2.75) is 49.6 Å². The van der Waals surface area contributed by atoms with Gasteiger partial charge in [-0.1, -0.05) is 24.2 Å². The van der Waals surface area contributed by atoms with Gasteiger partial charge in [0.15, 0.2) is 5.16 Å². The molecule has 7 heteroatoms. The zero-order valence-corrected chi connectivity index (χ0v) is 16.3. The van der Waals surface area contributed by atoms with Gasteiger partial charge in [0.05, 0.1) is 10.6 Å². The Morgan fingerprint density at radius 3 is 2.92 bits per heavy atom. The Morgan fingerprint density at radius 1 is 1.32 bits per heavy atom. The molecule has 1 aliphatic carbocycles. The summed E-state index contributed by atoms with van der Waals surface area (Å²) < 4.78 is 1.72. The van der Waals surface area contributed by atoms with Crippen LogP contribution in [0.4, 0.5) is 0 Å². The van der Waals surface area contributed by atoms with E-state index in [2.05, 4.69) is 0 Å². The second-order valence-corrected chi connectivity index (χ2v) is 9.04. The van der Waals surface area contributed by atoms with Crippen molar-refractivity contribution in [1.82, 2.24) is 9.55 Å². The molecule has 1 atom stereocenters. The van der Waals surface area contributed by atoms with Crippen LogP contribution in [-0.4, -0.2) is 20.6 Å². The number of carbonyl (C=O) groups is 1. The summed E-state index contributed by atoms with van der Waals surface area (Å²) in [5.74, 6) is 0.290. The first kappa shape index (κ1) is 17.0. The zero-order chi connectivity index (χ0) is 17.4. The molecule has 0 amide bonds. The largest absolute Gasteiger partial charge is 0.298 e. The van der Waals surface area contributed by atoms with Gasteiger partial charge < -0.3 is 0 Å². The maximum atomic E-state index is 13.1. The topological polar surface area (TPSA) is 52.0 Å². The molecule has 0 aromatic carbocycles. The maximum Gasteiger partial charge on any atom is 0.263 e. The molecule has 1 fully saturated rings. The van der Waals surface area contributed by atoms with Crippen molar-refractivity contribution in [1.29, 1.82) is 0 Å². The van der Waals surface area contributed by atoms with Gasteiger partial charge in [-0.05, 0) is 31.2 Å². The molecule has 1 saturated carbocycles. The molecular weight excluding hydrogens is 372 g/mol. The molecule has 0 radical (unpaired) electrons. The summed E-state index contributed by atoms with van der Waals surface area (Å²) in [7, 11) is 0. The minimum Gasteiger partial charge on any atom is -0.298 e. The molecule has 0 spiro atoms. The number of aromatic nitrogens is 2. The highest BCUT2D eigenvalue weighted by Gasteiger charge is 2.26. The number of carbonyl (C=O) groups excluding carboxylic acids is 1. The first-order valence-electron chi connectivity index (χ1n) is 8.44. The van der Waals surface area contributed by atoms with E-state index in [0.29, 0.717) is 29.3 Å². The summed E-state index contributed by atoms with van der Waals surface area (Å²) in [6, 6.07) is 4.03. The van der Waals surface area contributed by atoms with Crippen LogP contribution in [0.25, 0.3) is 20.7 Å². The lowest BCUT2D eigenvalue weighted by molar-refractivity contribution is -0.119. The zero-order valence-electron chi connectivity index (χ0n) is 13.9. The van der Waals surface area contributed by atoms with Crippen molar-refractivity contribution in [2.24, 2.45) is 0 Å². The Morgan fingerprint density at radius 2 is 2.20 bits per heavy atom. The summed E-state index contributed by atoms with van der Waals surface area (Å²) in [4.78, 5) is 31.9. The summed E-state index contributed by atoms with van der Waals surface area (Å²) in [6.07, 6.45) is 3.59. The van der Waals surface area contributed by atoms with Crippen molar-refractivity contribution < 1.29 is 4.79 Å². The summed E-state index contributed by atoms with van der Waals surface area (Å²) in [5, 5.41) is 5.36. The highest BCUT2D eigenvalue weighted by atomic mass is 32.2. The van der Waals surface area contributed by atoms with Gasteiger partial charge in [0.1, 0.15) is 10.6 Å². The smallest absolute Gasteiger partial charge is 0.263 e. The molecule has 0 aliphatic heterocycles. The number of Topliss-reactive ketones (excluding diaryl/α,β-unsaturated/α-hetero) is 1. The van der Waals surface area contributed by atoms with Crippen LogP contribution in [0.15, 0.2) is 32.8 Å². The fourth-order valence-corrected chi connectivity index (χ4v) is 6.27. The second kappa shape index (κ2) is 7.05. The van der Waals surface area contributed by atoms with Gasteiger partial charge in [-0.2, -0.15) is 0 Å². The van der Waals surface area contributed by atoms with Crippen molar-refractivity contribution in [3.8, 4) is 10.4 Å². The first-order valence-corrected chi connectivity index (χ1v) is 11.1. The Hall–Kier alpha value is -1.44. The Kier molecular flexibility index (Phi) is 4.80. The fraction of sp³-hybridized carbons (Fsp3) is 0.389. The van der Waals surface area contributed by atoms with E-state index in [-0.39, 0.29) is 10.8 Å². The number of ketones is 1. The van der Waals surface area contributed by atoms with Gasteiger partial charge in [-0.3, -0.25) is 14.2 Å². The van der Waals surface area contributed by atoms with E-state index in [4.69, 9.17) is 4.98 Å². The highest BCUT2D eigenvalue weighted by Crippen LogP contribution is 2.36. The van der Waals surface area contributed by atoms with E-state index >= 15 is 0 Å². The third-order valence-corrected chi connectivity index (χ3v) is 7.59. The maximum absolute atomic E-state index is 13.1. The Bertz CT molecular complexity index is 972. The molecule has 4 nitrogen and oxygen atoms in total. The predicted octanol–water partition coefficient (Wildman–Crippen LogP) is 4.81. The molecule has 3 heterocycles. The number of rotatable bonds is 4. The van der Waals surface area contributed by atoms with E-state index in [0.717, 1.165) is 34.5 Å². The minimum absolute atomic E-state index is 0.00269. The SMILES string of the molecule is CCn1c(S[C@@H]2CCCCC2=O)nc2scc(-c3cccs3)c2c1=O. The van der Waals surface area contributed by atoms with E-state index in [1.807, 2.05) is 29.8 Å². The predicted molar refractivity (Wildman–Crippen MR) is 106 cm³/mol. The average molecular weight is 391 g/mol. The lowest BCUT2D eigenvalue weighted by Gasteiger charge is -2.20. The summed E-state index contributed by atoms with van der Waals surface area (Å²) >= 11 is 4.61.